The molecule has 0 saturated carbocycles. The van der Waals surface area contributed by atoms with Crippen LogP contribution in [0.5, 0.6) is 0 Å². The van der Waals surface area contributed by atoms with Gasteiger partial charge in [-0.25, -0.2) is 19.4 Å². The Bertz CT molecular complexity index is 972. The molecule has 5 N–H and O–H groups in total. The Balaban J connectivity index is 1.48. The topological polar surface area (TPSA) is 63.1 Å². The van der Waals surface area contributed by atoms with Crippen LogP contribution >= 0.6 is 11.6 Å². The molecule has 0 spiro atoms. The van der Waals surface area contributed by atoms with Crippen LogP contribution in [0.1, 0.15) is 0 Å². The van der Waals surface area contributed by atoms with Crippen molar-refractivity contribution >= 4 is 24.4 Å². The number of benzene rings is 1. The van der Waals surface area contributed by atoms with Crippen LogP contribution in [0, 0.1) is 0 Å². The molecule has 0 amide bonds. The molecule has 2 aromatic rings. The maximum atomic E-state index is 12.9. The van der Waals surface area contributed by atoms with Gasteiger partial charge in [-0.2, -0.15) is 0 Å². The van der Waals surface area contributed by atoms with E-state index in [2.05, 4.69) is 17.0 Å². The lowest BCUT2D eigenvalue weighted by Gasteiger charge is -2.52. The van der Waals surface area contributed by atoms with Crippen LogP contribution in [0.25, 0.3) is 18.5 Å². The average molecular weight is 376 g/mol. The molecule has 26 heavy (non-hydrogen) atoms. The van der Waals surface area contributed by atoms with Gasteiger partial charge in [-0.05, 0) is 24.3 Å². The van der Waals surface area contributed by atoms with E-state index < -0.39 is 0 Å². The Hall–Kier alpha value is -2.06. The Morgan fingerprint density at radius 1 is 1.12 bits per heavy atom. The number of quaternary nitrogens is 3. The largest absolute Gasteiger partial charge is 0.370 e. The van der Waals surface area contributed by atoms with Gasteiger partial charge in [0.05, 0.1) is 16.3 Å². The molecule has 0 unspecified atom stereocenters. The Morgan fingerprint density at radius 2 is 1.69 bits per heavy atom. The summed E-state index contributed by atoms with van der Waals surface area (Å²) >= 11 is 5.94. The zero-order chi connectivity index (χ0) is 17.9. The van der Waals surface area contributed by atoms with Crippen LogP contribution in [0.3, 0.4) is 0 Å². The quantitative estimate of drug-likeness (QED) is 0.373. The number of H-pyrrole nitrogens is 1. The number of rotatable bonds is 3. The van der Waals surface area contributed by atoms with Crippen molar-refractivity contribution in [2.45, 2.75) is 5.54 Å². The van der Waals surface area contributed by atoms with Crippen molar-refractivity contribution in [1.29, 1.82) is 0 Å². The molecule has 8 heteroatoms. The monoisotopic (exact) mass is 375 g/mol. The molecular weight excluding hydrogens is 352 g/mol. The number of nitrogens with one attached hydrogen (secondary N) is 5. The van der Waals surface area contributed by atoms with E-state index in [4.69, 9.17) is 11.6 Å². The van der Waals surface area contributed by atoms with Gasteiger partial charge in [-0.1, -0.05) is 18.2 Å². The van der Waals surface area contributed by atoms with Crippen LogP contribution in [0.2, 0.25) is 5.02 Å². The molecule has 4 saturated heterocycles. The summed E-state index contributed by atoms with van der Waals surface area (Å²) in [7, 11) is 0. The van der Waals surface area contributed by atoms with Crippen molar-refractivity contribution in [3.05, 3.63) is 50.2 Å². The first-order chi connectivity index (χ1) is 12.5. The summed E-state index contributed by atoms with van der Waals surface area (Å²) in [5, 5.41) is 8.55. The standard InChI is InChI=1S/C18H21ClN6O/c1-13-16(17(26)25(21-13)15-4-2-14(19)3-5-15)6-20-18-7-22-10-23(8-18)12-24(9-18)11-22/h2-6,20-21H,1,7-12H2/p+3. The molecule has 5 heterocycles. The van der Waals surface area contributed by atoms with Crippen LogP contribution in [0.15, 0.2) is 29.1 Å². The maximum absolute atomic E-state index is 12.9. The minimum atomic E-state index is -0.0949. The minimum Gasteiger partial charge on any atom is -0.370 e. The van der Waals surface area contributed by atoms with Crippen LogP contribution < -0.4 is 36.1 Å². The predicted molar refractivity (Wildman–Crippen MR) is 98.6 cm³/mol. The first-order valence-electron chi connectivity index (χ1n) is 9.06. The number of aromatic nitrogens is 2. The number of nitrogens with zero attached hydrogens (tertiary/aromatic N) is 1. The third-order valence-electron chi connectivity index (χ3n) is 5.88. The van der Waals surface area contributed by atoms with Crippen molar-refractivity contribution in [3.63, 3.8) is 0 Å². The van der Waals surface area contributed by atoms with E-state index >= 15 is 0 Å². The van der Waals surface area contributed by atoms with Gasteiger partial charge in [-0.15, -0.1) is 0 Å². The highest BCUT2D eigenvalue weighted by Crippen LogP contribution is 2.10. The zero-order valence-electron chi connectivity index (χ0n) is 14.6. The molecule has 1 aromatic heterocycles. The fraction of sp³-hybridized carbons (Fsp3) is 0.389. The summed E-state index contributed by atoms with van der Waals surface area (Å²) in [6, 6.07) is 7.19. The molecule has 4 aliphatic heterocycles. The molecule has 1 aromatic carbocycles. The molecule has 0 aliphatic carbocycles. The number of aromatic amines is 1. The van der Waals surface area contributed by atoms with Gasteiger partial charge in [0, 0.05) is 11.2 Å². The second-order valence-electron chi connectivity index (χ2n) is 8.00. The van der Waals surface area contributed by atoms with Crippen LogP contribution in [-0.4, -0.2) is 55.0 Å². The van der Waals surface area contributed by atoms with Gasteiger partial charge in [0.15, 0.2) is 5.54 Å². The molecule has 4 bridgehead atoms. The molecule has 7 nitrogen and oxygen atoms in total. The first kappa shape index (κ1) is 16.1. The van der Waals surface area contributed by atoms with Gasteiger partial charge in [0.2, 0.25) is 20.0 Å². The fourth-order valence-corrected chi connectivity index (χ4v) is 5.17. The van der Waals surface area contributed by atoms with E-state index in [1.165, 1.54) is 24.7 Å². The lowest BCUT2D eigenvalue weighted by Crippen LogP contribution is -3.56. The first-order valence-corrected chi connectivity index (χ1v) is 9.44. The molecular formula is C18H24ClN6O+3. The fourth-order valence-electron chi connectivity index (χ4n) is 5.04. The summed E-state index contributed by atoms with van der Waals surface area (Å²) < 4.78 is 1.52. The highest BCUT2D eigenvalue weighted by Gasteiger charge is 2.57. The Kier molecular flexibility index (Phi) is 3.55. The predicted octanol–water partition coefficient (Wildman–Crippen LogP) is -5.14. The van der Waals surface area contributed by atoms with E-state index in [1.54, 1.807) is 26.8 Å². The Morgan fingerprint density at radius 3 is 2.27 bits per heavy atom. The Labute approximate surface area is 155 Å². The van der Waals surface area contributed by atoms with Crippen LogP contribution in [0.4, 0.5) is 0 Å². The summed E-state index contributed by atoms with van der Waals surface area (Å²) in [5.41, 5.74) is 0.735. The van der Waals surface area contributed by atoms with E-state index in [0.717, 1.165) is 25.3 Å². The summed E-state index contributed by atoms with van der Waals surface area (Å²) in [6.45, 7) is 11.1. The van der Waals surface area contributed by atoms with E-state index in [1.807, 2.05) is 18.3 Å². The third-order valence-corrected chi connectivity index (χ3v) is 6.13. The highest BCUT2D eigenvalue weighted by molar-refractivity contribution is 6.30. The van der Waals surface area contributed by atoms with Crippen molar-refractivity contribution in [2.75, 3.05) is 39.6 Å². The highest BCUT2D eigenvalue weighted by atomic mass is 35.5. The second kappa shape index (κ2) is 5.72. The normalized spacial score (nSPS) is 33.0. The van der Waals surface area contributed by atoms with Gasteiger partial charge in [0.25, 0.3) is 5.56 Å². The van der Waals surface area contributed by atoms with Gasteiger partial charge in [0.1, 0.15) is 19.6 Å². The lowest BCUT2D eigenvalue weighted by atomic mass is 9.91. The number of hydrogen-bond donors (Lipinski definition) is 5. The smallest absolute Gasteiger partial charge is 0.280 e. The van der Waals surface area contributed by atoms with Crippen molar-refractivity contribution < 1.29 is 14.7 Å². The zero-order valence-corrected chi connectivity index (χ0v) is 15.3. The molecule has 6 rings (SSSR count). The SMILES string of the molecule is C=c1[nH]n(-c2ccc(Cl)cc2)c(=O)c1=CNC12C[NH+]3C[NH+](C[NH+](C3)C1)C2. The van der Waals surface area contributed by atoms with Gasteiger partial charge < -0.3 is 5.32 Å². The van der Waals surface area contributed by atoms with Crippen LogP contribution in [-0.2, 0) is 0 Å². The van der Waals surface area contributed by atoms with E-state index in [-0.39, 0.29) is 11.1 Å². The average Bonchev–Trinajstić information content (AvgIpc) is 2.87. The number of halogens is 1. The van der Waals surface area contributed by atoms with E-state index in [9.17, 15) is 4.79 Å². The summed E-state index contributed by atoms with van der Waals surface area (Å²) in [6.07, 6.45) is 1.88. The molecule has 136 valence electrons. The third kappa shape index (κ3) is 2.59. The molecule has 0 radical (unpaired) electrons. The molecule has 0 atom stereocenters. The van der Waals surface area contributed by atoms with Gasteiger partial charge >= 0.3 is 0 Å². The molecule has 4 fully saturated rings. The summed E-state index contributed by atoms with van der Waals surface area (Å²) in [4.78, 5) is 17.8. The van der Waals surface area contributed by atoms with Crippen molar-refractivity contribution in [3.8, 4) is 5.69 Å². The summed E-state index contributed by atoms with van der Waals surface area (Å²) in [5.74, 6) is 0. The minimum absolute atomic E-state index is 0.0794. The van der Waals surface area contributed by atoms with Crippen molar-refractivity contribution in [1.82, 2.24) is 15.1 Å². The molecule has 4 aliphatic rings. The van der Waals surface area contributed by atoms with E-state index in [0.29, 0.717) is 15.6 Å². The van der Waals surface area contributed by atoms with Gasteiger partial charge in [-0.3, -0.25) is 9.89 Å². The lowest BCUT2D eigenvalue weighted by molar-refractivity contribution is -1.30. The maximum Gasteiger partial charge on any atom is 0.280 e. The van der Waals surface area contributed by atoms with Crippen molar-refractivity contribution in [2.24, 2.45) is 0 Å². The second-order valence-corrected chi connectivity index (χ2v) is 8.44. The number of hydrogen-bond acceptors (Lipinski definition) is 2.